The number of nitrogens with one attached hydrogen (secondary N) is 1. The highest BCUT2D eigenvalue weighted by Gasteiger charge is 2.27. The number of benzene rings is 1. The van der Waals surface area contributed by atoms with Crippen LogP contribution in [0.3, 0.4) is 0 Å². The second-order valence-corrected chi connectivity index (χ2v) is 9.31. The van der Waals surface area contributed by atoms with E-state index in [9.17, 15) is 18.0 Å². The number of sulfonamides is 1. The second-order valence-electron chi connectivity index (χ2n) is 7.37. The molecule has 0 aliphatic carbocycles. The lowest BCUT2D eigenvalue weighted by Gasteiger charge is -2.26. The number of carbonyl (C=O) groups is 1. The Kier molecular flexibility index (Phi) is 6.63. The van der Waals surface area contributed by atoms with Gasteiger partial charge in [-0.3, -0.25) is 9.78 Å². The lowest BCUT2D eigenvalue weighted by Crippen LogP contribution is -2.40. The smallest absolute Gasteiger partial charge is 0.339 e. The number of morpholine rings is 1. The van der Waals surface area contributed by atoms with Crippen LogP contribution >= 0.6 is 0 Å². The molecule has 168 valence electrons. The number of aryl methyl sites for hydroxylation is 1. The molecule has 4 rings (SSSR count). The molecule has 0 bridgehead atoms. The number of H-pyrrole nitrogens is 1. The monoisotopic (exact) mass is 457 g/mol. The zero-order valence-corrected chi connectivity index (χ0v) is 18.1. The van der Waals surface area contributed by atoms with Crippen molar-refractivity contribution in [2.75, 3.05) is 32.9 Å². The lowest BCUT2D eigenvalue weighted by atomic mass is 10.1. The molecule has 9 nitrogen and oxygen atoms in total. The van der Waals surface area contributed by atoms with E-state index in [1.807, 2.05) is 12.1 Å². The van der Waals surface area contributed by atoms with Crippen molar-refractivity contribution in [2.45, 2.75) is 17.7 Å². The molecule has 1 aliphatic rings. The normalized spacial score (nSPS) is 15.0. The van der Waals surface area contributed by atoms with E-state index in [4.69, 9.17) is 9.47 Å². The van der Waals surface area contributed by atoms with Crippen LogP contribution in [-0.4, -0.2) is 61.6 Å². The first kappa shape index (κ1) is 22.1. The van der Waals surface area contributed by atoms with Crippen LogP contribution in [0.1, 0.15) is 22.3 Å². The summed E-state index contributed by atoms with van der Waals surface area (Å²) in [4.78, 5) is 31.5. The maximum atomic E-state index is 13.0. The van der Waals surface area contributed by atoms with E-state index in [-0.39, 0.29) is 30.2 Å². The van der Waals surface area contributed by atoms with Crippen molar-refractivity contribution in [3.8, 4) is 0 Å². The molecule has 1 aliphatic heterocycles. The standard InChI is InChI=1S/C22H23N3O6S/c26-21-14-19(22(27)31-10-2-4-16-3-1-7-23-15-16)18-13-17(5-6-20(18)24-21)32(28,29)25-8-11-30-12-9-25/h1,3,5-7,13-15H,2,4,8-12H2,(H,24,26). The van der Waals surface area contributed by atoms with Crippen LogP contribution < -0.4 is 5.56 Å². The van der Waals surface area contributed by atoms with Crippen molar-refractivity contribution in [3.63, 3.8) is 0 Å². The summed E-state index contributed by atoms with van der Waals surface area (Å²) < 4.78 is 37.9. The van der Waals surface area contributed by atoms with Crippen LogP contribution in [0, 0.1) is 0 Å². The first-order valence-corrected chi connectivity index (χ1v) is 11.7. The molecule has 0 unspecified atom stereocenters. The Morgan fingerprint density at radius 3 is 2.75 bits per heavy atom. The molecular weight excluding hydrogens is 434 g/mol. The van der Waals surface area contributed by atoms with Gasteiger partial charge in [-0.2, -0.15) is 4.31 Å². The Morgan fingerprint density at radius 2 is 2.00 bits per heavy atom. The quantitative estimate of drug-likeness (QED) is 0.424. The van der Waals surface area contributed by atoms with Crippen molar-refractivity contribution < 1.29 is 22.7 Å². The molecule has 0 saturated carbocycles. The minimum Gasteiger partial charge on any atom is -0.462 e. The average Bonchev–Trinajstić information content (AvgIpc) is 2.82. The van der Waals surface area contributed by atoms with Crippen LogP contribution in [0.4, 0.5) is 0 Å². The number of carbonyl (C=O) groups excluding carboxylic acids is 1. The zero-order chi connectivity index (χ0) is 22.6. The first-order chi connectivity index (χ1) is 15.4. The van der Waals surface area contributed by atoms with Gasteiger partial charge in [0.25, 0.3) is 0 Å². The van der Waals surface area contributed by atoms with E-state index in [1.54, 1.807) is 12.4 Å². The van der Waals surface area contributed by atoms with Gasteiger partial charge in [0.05, 0.1) is 30.3 Å². The van der Waals surface area contributed by atoms with Crippen molar-refractivity contribution in [1.82, 2.24) is 14.3 Å². The highest BCUT2D eigenvalue weighted by molar-refractivity contribution is 7.89. The number of esters is 1. The number of aromatic nitrogens is 2. The maximum Gasteiger partial charge on any atom is 0.339 e. The van der Waals surface area contributed by atoms with Gasteiger partial charge >= 0.3 is 5.97 Å². The molecule has 2 aromatic heterocycles. The molecule has 1 fully saturated rings. The largest absolute Gasteiger partial charge is 0.462 e. The highest BCUT2D eigenvalue weighted by atomic mass is 32.2. The number of ether oxygens (including phenoxy) is 2. The minimum atomic E-state index is -3.75. The third-order valence-corrected chi connectivity index (χ3v) is 7.10. The van der Waals surface area contributed by atoms with Gasteiger partial charge in [0.15, 0.2) is 0 Å². The van der Waals surface area contributed by atoms with Gasteiger partial charge in [-0.05, 0) is 42.7 Å². The Morgan fingerprint density at radius 1 is 1.19 bits per heavy atom. The fourth-order valence-corrected chi connectivity index (χ4v) is 5.00. The summed E-state index contributed by atoms with van der Waals surface area (Å²) in [6.07, 6.45) is 4.73. The molecular formula is C22H23N3O6S. The minimum absolute atomic E-state index is 0.0316. The van der Waals surface area contributed by atoms with Crippen LogP contribution in [-0.2, 0) is 25.9 Å². The predicted molar refractivity (Wildman–Crippen MR) is 117 cm³/mol. The van der Waals surface area contributed by atoms with E-state index in [0.29, 0.717) is 37.0 Å². The topological polar surface area (TPSA) is 119 Å². The number of rotatable bonds is 7. The third-order valence-electron chi connectivity index (χ3n) is 5.21. The number of hydrogen-bond donors (Lipinski definition) is 1. The highest BCUT2D eigenvalue weighted by Crippen LogP contribution is 2.24. The van der Waals surface area contributed by atoms with Crippen molar-refractivity contribution in [3.05, 3.63) is 70.3 Å². The lowest BCUT2D eigenvalue weighted by molar-refractivity contribution is 0.0502. The van der Waals surface area contributed by atoms with Crippen molar-refractivity contribution in [1.29, 1.82) is 0 Å². The van der Waals surface area contributed by atoms with E-state index in [1.165, 1.54) is 22.5 Å². The number of fused-ring (bicyclic) bond motifs is 1. The molecule has 0 radical (unpaired) electrons. The second kappa shape index (κ2) is 9.60. The fourth-order valence-electron chi connectivity index (χ4n) is 3.56. The molecule has 1 N–H and O–H groups in total. The number of aromatic amines is 1. The van der Waals surface area contributed by atoms with Gasteiger partial charge in [-0.25, -0.2) is 13.2 Å². The van der Waals surface area contributed by atoms with E-state index in [0.717, 1.165) is 11.6 Å². The van der Waals surface area contributed by atoms with Gasteiger partial charge < -0.3 is 14.5 Å². The van der Waals surface area contributed by atoms with Crippen LogP contribution in [0.25, 0.3) is 10.9 Å². The fraction of sp³-hybridized carbons (Fsp3) is 0.318. The molecule has 32 heavy (non-hydrogen) atoms. The average molecular weight is 458 g/mol. The molecule has 0 amide bonds. The molecule has 3 aromatic rings. The molecule has 0 spiro atoms. The van der Waals surface area contributed by atoms with Gasteiger partial charge in [-0.1, -0.05) is 6.07 Å². The van der Waals surface area contributed by atoms with Gasteiger partial charge in [-0.15, -0.1) is 0 Å². The summed E-state index contributed by atoms with van der Waals surface area (Å²) in [6.45, 7) is 1.34. The van der Waals surface area contributed by atoms with Crippen LogP contribution in [0.5, 0.6) is 0 Å². The summed E-state index contributed by atoms with van der Waals surface area (Å²) in [6, 6.07) is 9.23. The first-order valence-electron chi connectivity index (χ1n) is 10.3. The summed E-state index contributed by atoms with van der Waals surface area (Å²) in [5, 5.41) is 0.316. The summed E-state index contributed by atoms with van der Waals surface area (Å²) in [5.41, 5.74) is 0.955. The molecule has 3 heterocycles. The number of nitrogens with zero attached hydrogens (tertiary/aromatic N) is 2. The van der Waals surface area contributed by atoms with Gasteiger partial charge in [0.2, 0.25) is 15.6 Å². The van der Waals surface area contributed by atoms with E-state index < -0.39 is 21.6 Å². The van der Waals surface area contributed by atoms with Gasteiger partial charge in [0.1, 0.15) is 0 Å². The number of pyridine rings is 2. The summed E-state index contributed by atoms with van der Waals surface area (Å²) >= 11 is 0. The third kappa shape index (κ3) is 4.87. The molecule has 0 atom stereocenters. The molecule has 10 heteroatoms. The maximum absolute atomic E-state index is 13.0. The zero-order valence-electron chi connectivity index (χ0n) is 17.3. The Hall–Kier alpha value is -3.08. The predicted octanol–water partition coefficient (Wildman–Crippen LogP) is 1.73. The van der Waals surface area contributed by atoms with Crippen LogP contribution in [0.2, 0.25) is 0 Å². The summed E-state index contributed by atoms with van der Waals surface area (Å²) in [7, 11) is -3.75. The summed E-state index contributed by atoms with van der Waals surface area (Å²) in [5.74, 6) is -0.673. The molecule has 1 saturated heterocycles. The van der Waals surface area contributed by atoms with Crippen molar-refractivity contribution >= 4 is 26.9 Å². The van der Waals surface area contributed by atoms with Crippen molar-refractivity contribution in [2.24, 2.45) is 0 Å². The Balaban J connectivity index is 1.55. The Labute approximate surface area is 185 Å². The Bertz CT molecular complexity index is 1270. The van der Waals surface area contributed by atoms with E-state index >= 15 is 0 Å². The van der Waals surface area contributed by atoms with Crippen LogP contribution in [0.15, 0.2) is 58.5 Å². The number of hydrogen-bond acceptors (Lipinski definition) is 7. The van der Waals surface area contributed by atoms with Gasteiger partial charge in [0, 0.05) is 42.5 Å². The van der Waals surface area contributed by atoms with E-state index in [2.05, 4.69) is 9.97 Å². The SMILES string of the molecule is O=C(OCCCc1cccnc1)c1cc(=O)[nH]c2ccc(S(=O)(=O)N3CCOCC3)cc12. The molecule has 1 aromatic carbocycles.